The number of carbonyl (C=O) groups excluding carboxylic acids is 1. The maximum absolute atomic E-state index is 12.6. The van der Waals surface area contributed by atoms with Crippen LogP contribution in [0.15, 0.2) is 60.7 Å². The Hall–Kier alpha value is -2.99. The minimum Gasteiger partial charge on any atom is -0.336 e. The van der Waals surface area contributed by atoms with Gasteiger partial charge in [0.15, 0.2) is 0 Å². The van der Waals surface area contributed by atoms with Crippen LogP contribution in [0.3, 0.4) is 0 Å². The number of hydrogen-bond donors (Lipinski definition) is 0. The van der Waals surface area contributed by atoms with Crippen molar-refractivity contribution in [3.05, 3.63) is 81.9 Å². The van der Waals surface area contributed by atoms with Crippen LogP contribution in [-0.2, 0) is 0 Å². The SMILES string of the molecule is O=C(c1ccccc1[N+](=O)[O-])N1CCN(CC=Cc2ccccc2)CC1. The lowest BCUT2D eigenvalue weighted by molar-refractivity contribution is -0.385. The van der Waals surface area contributed by atoms with E-state index in [4.69, 9.17) is 0 Å². The summed E-state index contributed by atoms with van der Waals surface area (Å²) < 4.78 is 0. The second kappa shape index (κ2) is 8.40. The molecule has 0 N–H and O–H groups in total. The summed E-state index contributed by atoms with van der Waals surface area (Å²) in [5, 5.41) is 11.1. The zero-order valence-corrected chi connectivity index (χ0v) is 14.5. The second-order valence-corrected chi connectivity index (χ2v) is 6.18. The van der Waals surface area contributed by atoms with Crippen LogP contribution in [0.25, 0.3) is 6.08 Å². The lowest BCUT2D eigenvalue weighted by Gasteiger charge is -2.34. The molecular weight excluding hydrogens is 330 g/mol. The van der Waals surface area contributed by atoms with Gasteiger partial charge in [0.2, 0.25) is 0 Å². The third-order valence-electron chi connectivity index (χ3n) is 4.46. The van der Waals surface area contributed by atoms with Crippen molar-refractivity contribution in [2.45, 2.75) is 0 Å². The topological polar surface area (TPSA) is 66.7 Å². The number of nitro benzene ring substituents is 1. The fourth-order valence-electron chi connectivity index (χ4n) is 3.02. The molecule has 0 aliphatic carbocycles. The average Bonchev–Trinajstić information content (AvgIpc) is 2.69. The van der Waals surface area contributed by atoms with Crippen LogP contribution in [0.2, 0.25) is 0 Å². The van der Waals surface area contributed by atoms with Gasteiger partial charge in [0.1, 0.15) is 5.56 Å². The Morgan fingerprint density at radius 3 is 2.35 bits per heavy atom. The summed E-state index contributed by atoms with van der Waals surface area (Å²) in [5.41, 5.74) is 1.19. The van der Waals surface area contributed by atoms with Gasteiger partial charge in [-0.05, 0) is 11.6 Å². The summed E-state index contributed by atoms with van der Waals surface area (Å²) in [6, 6.07) is 16.2. The molecule has 0 saturated carbocycles. The molecule has 1 amide bonds. The molecule has 0 radical (unpaired) electrons. The van der Waals surface area contributed by atoms with Crippen molar-refractivity contribution in [3.8, 4) is 0 Å². The van der Waals surface area contributed by atoms with Gasteiger partial charge in [-0.3, -0.25) is 19.8 Å². The van der Waals surface area contributed by atoms with Crippen LogP contribution in [-0.4, -0.2) is 53.4 Å². The molecular formula is C20H21N3O3. The molecule has 3 rings (SSSR count). The Labute approximate surface area is 152 Å². The van der Waals surface area contributed by atoms with E-state index in [2.05, 4.69) is 29.2 Å². The largest absolute Gasteiger partial charge is 0.336 e. The van der Waals surface area contributed by atoms with E-state index in [1.807, 2.05) is 18.2 Å². The summed E-state index contributed by atoms with van der Waals surface area (Å²) >= 11 is 0. The molecule has 0 atom stereocenters. The first-order valence-electron chi connectivity index (χ1n) is 8.62. The summed E-state index contributed by atoms with van der Waals surface area (Å²) in [6.45, 7) is 3.48. The molecule has 2 aromatic carbocycles. The molecule has 0 bridgehead atoms. The Morgan fingerprint density at radius 2 is 1.65 bits per heavy atom. The van der Waals surface area contributed by atoms with Gasteiger partial charge in [0, 0.05) is 38.8 Å². The first kappa shape index (κ1) is 17.8. The number of rotatable bonds is 5. The van der Waals surface area contributed by atoms with Crippen molar-refractivity contribution < 1.29 is 9.72 Å². The number of carbonyl (C=O) groups is 1. The minimum atomic E-state index is -0.502. The lowest BCUT2D eigenvalue weighted by Crippen LogP contribution is -2.48. The Bertz CT molecular complexity index is 797. The number of nitrogens with zero attached hydrogens (tertiary/aromatic N) is 3. The highest BCUT2D eigenvalue weighted by molar-refractivity contribution is 5.98. The number of benzene rings is 2. The van der Waals surface area contributed by atoms with E-state index < -0.39 is 4.92 Å². The van der Waals surface area contributed by atoms with Gasteiger partial charge in [-0.15, -0.1) is 0 Å². The number of hydrogen-bond acceptors (Lipinski definition) is 4. The van der Waals surface area contributed by atoms with Crippen LogP contribution in [0.4, 0.5) is 5.69 Å². The molecule has 1 fully saturated rings. The van der Waals surface area contributed by atoms with Crippen LogP contribution in [0.1, 0.15) is 15.9 Å². The lowest BCUT2D eigenvalue weighted by atomic mass is 10.1. The van der Waals surface area contributed by atoms with Gasteiger partial charge >= 0.3 is 0 Å². The summed E-state index contributed by atoms with van der Waals surface area (Å²) in [5.74, 6) is -0.267. The fourth-order valence-corrected chi connectivity index (χ4v) is 3.02. The zero-order chi connectivity index (χ0) is 18.4. The molecule has 26 heavy (non-hydrogen) atoms. The first-order valence-corrected chi connectivity index (χ1v) is 8.62. The minimum absolute atomic E-state index is 0.134. The highest BCUT2D eigenvalue weighted by Gasteiger charge is 2.26. The van der Waals surface area contributed by atoms with Gasteiger partial charge in [0.05, 0.1) is 4.92 Å². The van der Waals surface area contributed by atoms with Crippen molar-refractivity contribution in [2.24, 2.45) is 0 Å². The number of para-hydroxylation sites is 1. The van der Waals surface area contributed by atoms with Gasteiger partial charge in [-0.2, -0.15) is 0 Å². The van der Waals surface area contributed by atoms with Gasteiger partial charge in [0.25, 0.3) is 11.6 Å². The van der Waals surface area contributed by atoms with E-state index in [-0.39, 0.29) is 17.2 Å². The third kappa shape index (κ3) is 4.34. The predicted octanol–water partition coefficient (Wildman–Crippen LogP) is 3.07. The summed E-state index contributed by atoms with van der Waals surface area (Å²) in [4.78, 5) is 27.2. The molecule has 6 nitrogen and oxygen atoms in total. The number of piperazine rings is 1. The molecule has 2 aromatic rings. The van der Waals surface area contributed by atoms with Crippen molar-refractivity contribution in [2.75, 3.05) is 32.7 Å². The van der Waals surface area contributed by atoms with Crippen molar-refractivity contribution in [1.82, 2.24) is 9.80 Å². The van der Waals surface area contributed by atoms with Crippen molar-refractivity contribution in [1.29, 1.82) is 0 Å². The summed E-state index contributed by atoms with van der Waals surface area (Å²) in [6.07, 6.45) is 4.21. The molecule has 6 heteroatoms. The van der Waals surface area contributed by atoms with E-state index in [0.717, 1.165) is 25.2 Å². The third-order valence-corrected chi connectivity index (χ3v) is 4.46. The Kier molecular flexibility index (Phi) is 5.76. The van der Waals surface area contributed by atoms with Crippen LogP contribution < -0.4 is 0 Å². The molecule has 1 heterocycles. The smallest absolute Gasteiger partial charge is 0.282 e. The number of nitro groups is 1. The molecule has 134 valence electrons. The molecule has 0 unspecified atom stereocenters. The van der Waals surface area contributed by atoms with Crippen molar-refractivity contribution >= 4 is 17.7 Å². The van der Waals surface area contributed by atoms with Crippen LogP contribution >= 0.6 is 0 Å². The second-order valence-electron chi connectivity index (χ2n) is 6.18. The maximum Gasteiger partial charge on any atom is 0.282 e. The molecule has 0 aromatic heterocycles. The molecule has 1 saturated heterocycles. The number of amides is 1. The van der Waals surface area contributed by atoms with Gasteiger partial charge in [-0.25, -0.2) is 0 Å². The van der Waals surface area contributed by atoms with E-state index in [1.54, 1.807) is 17.0 Å². The molecule has 1 aliphatic heterocycles. The predicted molar refractivity (Wildman–Crippen MR) is 101 cm³/mol. The highest BCUT2D eigenvalue weighted by Crippen LogP contribution is 2.20. The zero-order valence-electron chi connectivity index (χ0n) is 14.5. The normalized spacial score (nSPS) is 15.3. The first-order chi connectivity index (χ1) is 12.6. The molecule has 0 spiro atoms. The van der Waals surface area contributed by atoms with Crippen LogP contribution in [0.5, 0.6) is 0 Å². The summed E-state index contributed by atoms with van der Waals surface area (Å²) in [7, 11) is 0. The average molecular weight is 351 g/mol. The van der Waals surface area contributed by atoms with E-state index in [1.165, 1.54) is 12.1 Å². The van der Waals surface area contributed by atoms with E-state index >= 15 is 0 Å². The van der Waals surface area contributed by atoms with Crippen LogP contribution in [0, 0.1) is 10.1 Å². The van der Waals surface area contributed by atoms with Crippen molar-refractivity contribution in [3.63, 3.8) is 0 Å². The molecule has 1 aliphatic rings. The fraction of sp³-hybridized carbons (Fsp3) is 0.250. The van der Waals surface area contributed by atoms with E-state index in [9.17, 15) is 14.9 Å². The van der Waals surface area contributed by atoms with Gasteiger partial charge < -0.3 is 4.90 Å². The Balaban J connectivity index is 1.54. The van der Waals surface area contributed by atoms with E-state index in [0.29, 0.717) is 13.1 Å². The quantitative estimate of drug-likeness (QED) is 0.613. The standard InChI is InChI=1S/C20H21N3O3/c24-20(18-10-4-5-11-19(18)23(25)26)22-15-13-21(14-16-22)12-6-9-17-7-2-1-3-8-17/h1-11H,12-16H2. The maximum atomic E-state index is 12.6. The van der Waals surface area contributed by atoms with Gasteiger partial charge in [-0.1, -0.05) is 54.6 Å². The Morgan fingerprint density at radius 1 is 1.00 bits per heavy atom. The monoisotopic (exact) mass is 351 g/mol. The highest BCUT2D eigenvalue weighted by atomic mass is 16.6.